The Hall–Kier alpha value is -1.48. The molecule has 14 atom stereocenters. The Morgan fingerprint density at radius 1 is 0.848 bits per heavy atom. The number of allylic oxidation sites excluding steroid dienone is 1. The molecule has 1 unspecified atom stereocenters. The van der Waals surface area contributed by atoms with Crippen LogP contribution in [0.4, 0.5) is 0 Å². The summed E-state index contributed by atoms with van der Waals surface area (Å²) in [5.41, 5.74) is 0.666. The zero-order valence-electron chi connectivity index (χ0n) is 29.2. The van der Waals surface area contributed by atoms with Crippen LogP contribution in [0.2, 0.25) is 0 Å². The molecule has 0 spiro atoms. The van der Waals surface area contributed by atoms with Crippen molar-refractivity contribution in [2.75, 3.05) is 6.61 Å². The fourth-order valence-electron chi connectivity index (χ4n) is 13.1. The van der Waals surface area contributed by atoms with Crippen LogP contribution in [0, 0.1) is 63.3 Å². The van der Waals surface area contributed by atoms with Crippen molar-refractivity contribution in [2.24, 2.45) is 56.7 Å². The van der Waals surface area contributed by atoms with E-state index in [2.05, 4.69) is 48.1 Å². The lowest BCUT2D eigenvalue weighted by atomic mass is 9.32. The van der Waals surface area contributed by atoms with E-state index in [-0.39, 0.29) is 51.5 Å². The molecule has 1 saturated heterocycles. The Morgan fingerprint density at radius 3 is 2.22 bits per heavy atom. The molecule has 1 aliphatic heterocycles. The van der Waals surface area contributed by atoms with Gasteiger partial charge in [0.05, 0.1) is 12.0 Å². The van der Waals surface area contributed by atoms with Gasteiger partial charge in [-0.15, -0.1) is 0 Å². The third-order valence-electron chi connectivity index (χ3n) is 15.6. The smallest absolute Gasteiger partial charge is 0.312 e. The Kier molecular flexibility index (Phi) is 8.64. The van der Waals surface area contributed by atoms with Gasteiger partial charge in [0.2, 0.25) is 0 Å². The first kappa shape index (κ1) is 34.4. The summed E-state index contributed by atoms with van der Waals surface area (Å²) in [5, 5.41) is 30.7. The van der Waals surface area contributed by atoms with Crippen LogP contribution in [0.5, 0.6) is 0 Å². The standard InChI is InChI=1S/C38H59O8/c1-21(2)23-11-16-38(33(43)46-26-20-44-25(19-39)31(41)32(26)42)18-17-36(7)24(30(23)38)9-10-28-35(6)14-13-29(45-22(3)40)34(4,5)27(35)12-15-37(28,36)8/h20,23-32,39,41-42H,1,9-19H2,2-8H3/t23-,24+,25+,26-,27-,28?,29-,30+,31-,32+,35-,36+,37+,38-/m0/s1. The summed E-state index contributed by atoms with van der Waals surface area (Å²) in [6, 6.07) is 0. The molecule has 8 heteroatoms. The summed E-state index contributed by atoms with van der Waals surface area (Å²) in [7, 11) is 0. The normalized spacial score (nSPS) is 51.1. The lowest BCUT2D eigenvalue weighted by molar-refractivity contribution is -0.252. The minimum atomic E-state index is -1.36. The van der Waals surface area contributed by atoms with E-state index in [1.807, 2.05) is 0 Å². The number of esters is 2. The Morgan fingerprint density at radius 2 is 1.57 bits per heavy atom. The van der Waals surface area contributed by atoms with E-state index in [0.29, 0.717) is 17.8 Å². The fourth-order valence-corrected chi connectivity index (χ4v) is 13.1. The van der Waals surface area contributed by atoms with E-state index in [9.17, 15) is 24.9 Å². The van der Waals surface area contributed by atoms with Crippen LogP contribution in [0.3, 0.4) is 0 Å². The first-order valence-corrected chi connectivity index (χ1v) is 18.0. The maximum absolute atomic E-state index is 14.4. The summed E-state index contributed by atoms with van der Waals surface area (Å²) >= 11 is 0. The predicted octanol–water partition coefficient (Wildman–Crippen LogP) is 5.76. The first-order valence-electron chi connectivity index (χ1n) is 18.0. The largest absolute Gasteiger partial charge is 0.462 e. The number of ether oxygens (including phenoxy) is 3. The zero-order valence-corrected chi connectivity index (χ0v) is 29.2. The Balaban J connectivity index is 1.30. The molecule has 3 N–H and O–H groups in total. The summed E-state index contributed by atoms with van der Waals surface area (Å²) < 4.78 is 17.4. The van der Waals surface area contributed by atoms with Gasteiger partial charge in [0.1, 0.15) is 31.0 Å². The number of aliphatic hydroxyl groups is 3. The van der Waals surface area contributed by atoms with Crippen LogP contribution in [0.1, 0.15) is 113 Å². The van der Waals surface area contributed by atoms with Gasteiger partial charge < -0.3 is 29.5 Å². The van der Waals surface area contributed by atoms with Crippen molar-refractivity contribution in [3.63, 3.8) is 0 Å². The molecule has 259 valence electrons. The average Bonchev–Trinajstić information content (AvgIpc) is 3.39. The number of hydrogen-bond acceptors (Lipinski definition) is 8. The lowest BCUT2D eigenvalue weighted by Gasteiger charge is -2.72. The maximum atomic E-state index is 14.4. The van der Waals surface area contributed by atoms with Crippen molar-refractivity contribution in [3.8, 4) is 0 Å². The minimum absolute atomic E-state index is 0.0391. The van der Waals surface area contributed by atoms with E-state index < -0.39 is 36.4 Å². The van der Waals surface area contributed by atoms with Crippen LogP contribution < -0.4 is 0 Å². The second-order valence-corrected chi connectivity index (χ2v) is 17.6. The molecule has 6 fully saturated rings. The number of carbonyl (C=O) groups excluding carboxylic acids is 2. The van der Waals surface area contributed by atoms with Crippen molar-refractivity contribution < 1.29 is 39.1 Å². The number of fused-ring (bicyclic) bond motifs is 7. The van der Waals surface area contributed by atoms with Crippen molar-refractivity contribution in [1.29, 1.82) is 0 Å². The molecule has 5 aliphatic carbocycles. The number of rotatable bonds is 5. The minimum Gasteiger partial charge on any atom is -0.462 e. The third kappa shape index (κ3) is 4.73. The number of carbonyl (C=O) groups is 2. The fraction of sp³-hybridized carbons (Fsp3) is 0.868. The van der Waals surface area contributed by atoms with Crippen LogP contribution in [-0.2, 0) is 23.8 Å². The predicted molar refractivity (Wildman–Crippen MR) is 173 cm³/mol. The molecule has 1 heterocycles. The maximum Gasteiger partial charge on any atom is 0.312 e. The van der Waals surface area contributed by atoms with E-state index in [1.54, 1.807) is 0 Å². The van der Waals surface area contributed by atoms with Gasteiger partial charge in [0.15, 0.2) is 6.10 Å². The lowest BCUT2D eigenvalue weighted by Crippen LogP contribution is -2.67. The topological polar surface area (TPSA) is 123 Å². The molecule has 8 nitrogen and oxygen atoms in total. The molecule has 0 bridgehead atoms. The molecule has 0 amide bonds. The second-order valence-electron chi connectivity index (χ2n) is 17.6. The molecule has 46 heavy (non-hydrogen) atoms. The molecular formula is C38H59O8. The van der Waals surface area contributed by atoms with E-state index >= 15 is 0 Å². The van der Waals surface area contributed by atoms with E-state index in [0.717, 1.165) is 69.8 Å². The second kappa shape index (κ2) is 11.6. The molecule has 0 aromatic heterocycles. The summed E-state index contributed by atoms with van der Waals surface area (Å²) in [4.78, 5) is 26.4. The molecule has 0 aromatic carbocycles. The van der Waals surface area contributed by atoms with Gasteiger partial charge in [-0.2, -0.15) is 0 Å². The van der Waals surface area contributed by atoms with Crippen molar-refractivity contribution in [3.05, 3.63) is 18.8 Å². The SMILES string of the molecule is C=C(C)[C@@H]1CC[C@]2(C(=O)O[C@H]3[CH]O[C@H](CO)[C@H](O)[C@@H]3O)CC[C@]3(C)[C@H](CCC4[C@@]5(C)CC[C@H](OC(C)=O)C(C)(C)[C@@H]5CC[C@]43C)[C@@H]12. The van der Waals surface area contributed by atoms with Gasteiger partial charge in [-0.1, -0.05) is 46.8 Å². The van der Waals surface area contributed by atoms with Crippen LogP contribution >= 0.6 is 0 Å². The third-order valence-corrected chi connectivity index (χ3v) is 15.6. The van der Waals surface area contributed by atoms with E-state index in [4.69, 9.17) is 14.2 Å². The highest BCUT2D eigenvalue weighted by molar-refractivity contribution is 5.78. The highest BCUT2D eigenvalue weighted by Crippen LogP contribution is 2.77. The van der Waals surface area contributed by atoms with Gasteiger partial charge in [-0.3, -0.25) is 9.59 Å². The monoisotopic (exact) mass is 643 g/mol. The number of aliphatic hydroxyl groups excluding tert-OH is 3. The molecule has 6 rings (SSSR count). The highest BCUT2D eigenvalue weighted by atomic mass is 16.6. The van der Waals surface area contributed by atoms with Crippen LogP contribution in [0.15, 0.2) is 12.2 Å². The molecule has 5 saturated carbocycles. The summed E-state index contributed by atoms with van der Waals surface area (Å²) in [6.07, 6.45) is 4.95. The number of hydrogen-bond donors (Lipinski definition) is 3. The highest BCUT2D eigenvalue weighted by Gasteiger charge is 2.72. The van der Waals surface area contributed by atoms with Gasteiger partial charge >= 0.3 is 11.9 Å². The molecule has 6 aliphatic rings. The van der Waals surface area contributed by atoms with Crippen molar-refractivity contribution in [1.82, 2.24) is 0 Å². The van der Waals surface area contributed by atoms with Gasteiger partial charge in [0, 0.05) is 12.3 Å². The molecular weight excluding hydrogens is 584 g/mol. The van der Waals surface area contributed by atoms with Gasteiger partial charge in [-0.25, -0.2) is 0 Å². The van der Waals surface area contributed by atoms with Gasteiger partial charge in [-0.05, 0) is 117 Å². The molecule has 1 radical (unpaired) electrons. The summed E-state index contributed by atoms with van der Waals surface area (Å²) in [6.45, 7) is 21.2. The van der Waals surface area contributed by atoms with Gasteiger partial charge in [0.25, 0.3) is 0 Å². The van der Waals surface area contributed by atoms with Crippen molar-refractivity contribution >= 4 is 11.9 Å². The first-order chi connectivity index (χ1) is 21.5. The Bertz CT molecular complexity index is 1230. The van der Waals surface area contributed by atoms with E-state index in [1.165, 1.54) is 13.5 Å². The average molecular weight is 644 g/mol. The van der Waals surface area contributed by atoms with Crippen molar-refractivity contribution in [2.45, 2.75) is 143 Å². The Labute approximate surface area is 276 Å². The van der Waals surface area contributed by atoms with Crippen LogP contribution in [-0.4, -0.2) is 64.4 Å². The van der Waals surface area contributed by atoms with Crippen LogP contribution in [0.25, 0.3) is 0 Å². The summed E-state index contributed by atoms with van der Waals surface area (Å²) in [5.74, 6) is 1.21. The molecule has 0 aromatic rings. The quantitative estimate of drug-likeness (QED) is 0.255. The zero-order chi connectivity index (χ0) is 33.6.